The number of hydrogen-bond donors (Lipinski definition) is 0. The number of ketones is 1. The van der Waals surface area contributed by atoms with Gasteiger partial charge in [0.05, 0.1) is 7.11 Å². The number of benzene rings is 1. The van der Waals surface area contributed by atoms with Crippen LogP contribution in [0, 0.1) is 5.92 Å². The zero-order valence-electron chi connectivity index (χ0n) is 10.4. The molecule has 2 heteroatoms. The predicted octanol–water partition coefficient (Wildman–Crippen LogP) is 3.16. The largest absolute Gasteiger partial charge is 0.497 e. The van der Waals surface area contributed by atoms with Gasteiger partial charge in [-0.15, -0.1) is 0 Å². The molecule has 0 N–H and O–H groups in total. The van der Waals surface area contributed by atoms with Crippen molar-refractivity contribution in [3.8, 4) is 5.75 Å². The number of methoxy groups -OCH3 is 1. The Labute approximate surface area is 102 Å². The summed E-state index contributed by atoms with van der Waals surface area (Å²) < 4.78 is 5.22. The molecule has 2 rings (SSSR count). The summed E-state index contributed by atoms with van der Waals surface area (Å²) in [5.74, 6) is 1.67. The maximum Gasteiger partial charge on any atom is 0.155 e. The normalized spacial score (nSPS) is 20.0. The van der Waals surface area contributed by atoms with Gasteiger partial charge in [0.1, 0.15) is 5.75 Å². The first-order chi connectivity index (χ1) is 8.19. The van der Waals surface area contributed by atoms with Crippen molar-refractivity contribution in [3.63, 3.8) is 0 Å². The van der Waals surface area contributed by atoms with E-state index >= 15 is 0 Å². The summed E-state index contributed by atoms with van der Waals surface area (Å²) in [4.78, 5) is 11.3. The number of allylic oxidation sites excluding steroid dienone is 2. The van der Waals surface area contributed by atoms with Crippen molar-refractivity contribution in [1.82, 2.24) is 0 Å². The number of ether oxygens (including phenoxy) is 1. The molecule has 90 valence electrons. The third-order valence-electron chi connectivity index (χ3n) is 3.39. The molecule has 2 nitrogen and oxygen atoms in total. The first kappa shape index (κ1) is 11.9. The second-order valence-corrected chi connectivity index (χ2v) is 4.65. The molecule has 1 unspecified atom stereocenters. The van der Waals surface area contributed by atoms with Crippen LogP contribution in [0.5, 0.6) is 5.75 Å². The molecular formula is C15H18O2. The van der Waals surface area contributed by atoms with E-state index in [0.29, 0.717) is 12.3 Å². The summed E-state index contributed by atoms with van der Waals surface area (Å²) in [6.07, 6.45) is 4.45. The Bertz CT molecular complexity index is 446. The van der Waals surface area contributed by atoms with Crippen LogP contribution in [0.2, 0.25) is 0 Å². The van der Waals surface area contributed by atoms with Crippen molar-refractivity contribution in [1.29, 1.82) is 0 Å². The minimum Gasteiger partial charge on any atom is -0.497 e. The van der Waals surface area contributed by atoms with Crippen LogP contribution in [-0.2, 0) is 11.2 Å². The van der Waals surface area contributed by atoms with Crippen LogP contribution in [0.25, 0.3) is 0 Å². The predicted molar refractivity (Wildman–Crippen MR) is 68.2 cm³/mol. The molecule has 0 bridgehead atoms. The lowest BCUT2D eigenvalue weighted by Gasteiger charge is -2.21. The van der Waals surface area contributed by atoms with E-state index in [1.165, 1.54) is 11.1 Å². The molecule has 0 saturated carbocycles. The van der Waals surface area contributed by atoms with Gasteiger partial charge in [-0.2, -0.15) is 0 Å². The molecule has 0 radical (unpaired) electrons. The lowest BCUT2D eigenvalue weighted by atomic mass is 9.84. The summed E-state index contributed by atoms with van der Waals surface area (Å²) in [5, 5.41) is 0. The van der Waals surface area contributed by atoms with Crippen molar-refractivity contribution in [3.05, 3.63) is 41.5 Å². The van der Waals surface area contributed by atoms with Gasteiger partial charge in [-0.1, -0.05) is 17.7 Å². The zero-order chi connectivity index (χ0) is 12.3. The van der Waals surface area contributed by atoms with Gasteiger partial charge in [0.2, 0.25) is 0 Å². The quantitative estimate of drug-likeness (QED) is 0.797. The lowest BCUT2D eigenvalue weighted by Crippen LogP contribution is -2.14. The maximum atomic E-state index is 11.3. The van der Waals surface area contributed by atoms with Crippen molar-refractivity contribution in [2.75, 3.05) is 7.11 Å². The van der Waals surface area contributed by atoms with Gasteiger partial charge >= 0.3 is 0 Å². The molecule has 0 fully saturated rings. The first-order valence-corrected chi connectivity index (χ1v) is 6.03. The van der Waals surface area contributed by atoms with E-state index in [1.54, 1.807) is 13.2 Å². The van der Waals surface area contributed by atoms with E-state index in [-0.39, 0.29) is 5.78 Å². The van der Waals surface area contributed by atoms with Crippen molar-refractivity contribution >= 4 is 5.78 Å². The monoisotopic (exact) mass is 230 g/mol. The van der Waals surface area contributed by atoms with E-state index in [9.17, 15) is 4.79 Å². The Kier molecular flexibility index (Phi) is 3.62. The Morgan fingerprint density at radius 3 is 2.94 bits per heavy atom. The van der Waals surface area contributed by atoms with Gasteiger partial charge in [-0.25, -0.2) is 0 Å². The maximum absolute atomic E-state index is 11.3. The van der Waals surface area contributed by atoms with Crippen molar-refractivity contribution in [2.24, 2.45) is 5.92 Å². The molecule has 1 aromatic rings. The van der Waals surface area contributed by atoms with E-state index in [1.807, 2.05) is 12.1 Å². The Morgan fingerprint density at radius 1 is 1.41 bits per heavy atom. The highest BCUT2D eigenvalue weighted by molar-refractivity contribution is 5.91. The van der Waals surface area contributed by atoms with Crippen LogP contribution in [0.4, 0.5) is 0 Å². The van der Waals surface area contributed by atoms with Crippen molar-refractivity contribution in [2.45, 2.75) is 26.2 Å². The highest BCUT2D eigenvalue weighted by Gasteiger charge is 2.18. The molecule has 1 aromatic carbocycles. The summed E-state index contributed by atoms with van der Waals surface area (Å²) in [5.41, 5.74) is 2.49. The molecule has 1 aliphatic rings. The van der Waals surface area contributed by atoms with Crippen LogP contribution < -0.4 is 4.74 Å². The summed E-state index contributed by atoms with van der Waals surface area (Å²) in [7, 11) is 1.68. The zero-order valence-corrected chi connectivity index (χ0v) is 10.4. The Morgan fingerprint density at radius 2 is 2.24 bits per heavy atom. The molecule has 0 heterocycles. The van der Waals surface area contributed by atoms with Crippen LogP contribution >= 0.6 is 0 Å². The second kappa shape index (κ2) is 5.17. The minimum absolute atomic E-state index is 0.268. The van der Waals surface area contributed by atoms with E-state index in [2.05, 4.69) is 19.1 Å². The number of carbonyl (C=O) groups excluding carboxylic acids is 1. The number of rotatable bonds is 3. The summed E-state index contributed by atoms with van der Waals surface area (Å²) >= 11 is 0. The van der Waals surface area contributed by atoms with E-state index in [4.69, 9.17) is 4.74 Å². The molecule has 0 saturated heterocycles. The topological polar surface area (TPSA) is 26.3 Å². The van der Waals surface area contributed by atoms with Gasteiger partial charge in [-0.3, -0.25) is 4.79 Å². The second-order valence-electron chi connectivity index (χ2n) is 4.65. The van der Waals surface area contributed by atoms with Crippen molar-refractivity contribution < 1.29 is 9.53 Å². The molecule has 0 aliphatic heterocycles. The van der Waals surface area contributed by atoms with Crippen LogP contribution in [0.3, 0.4) is 0 Å². The lowest BCUT2D eigenvalue weighted by molar-refractivity contribution is -0.115. The van der Waals surface area contributed by atoms with E-state index in [0.717, 1.165) is 18.6 Å². The number of carbonyl (C=O) groups is 1. The van der Waals surface area contributed by atoms with Crippen LogP contribution in [0.15, 0.2) is 35.9 Å². The number of hydrogen-bond acceptors (Lipinski definition) is 2. The Hall–Kier alpha value is -1.57. The smallest absolute Gasteiger partial charge is 0.155 e. The fourth-order valence-corrected chi connectivity index (χ4v) is 2.34. The molecule has 1 atom stereocenters. The average molecular weight is 230 g/mol. The molecule has 17 heavy (non-hydrogen) atoms. The van der Waals surface area contributed by atoms with Gasteiger partial charge in [0.25, 0.3) is 0 Å². The SMILES string of the molecule is COc1cccc(CC2CCC(=O)C=C2C)c1. The molecular weight excluding hydrogens is 212 g/mol. The first-order valence-electron chi connectivity index (χ1n) is 6.03. The average Bonchev–Trinajstić information content (AvgIpc) is 2.33. The fourth-order valence-electron chi connectivity index (χ4n) is 2.34. The molecule has 1 aliphatic carbocycles. The third-order valence-corrected chi connectivity index (χ3v) is 3.39. The highest BCUT2D eigenvalue weighted by atomic mass is 16.5. The van der Waals surface area contributed by atoms with Gasteiger partial charge in [0.15, 0.2) is 5.78 Å². The standard InChI is InChI=1S/C15H18O2/c1-11-8-14(16)7-6-13(11)9-12-4-3-5-15(10-12)17-2/h3-5,8,10,13H,6-7,9H2,1-2H3. The van der Waals surface area contributed by atoms with E-state index < -0.39 is 0 Å². The molecule has 0 spiro atoms. The van der Waals surface area contributed by atoms with Gasteiger partial charge in [-0.05, 0) is 49.5 Å². The molecule has 0 aromatic heterocycles. The van der Waals surface area contributed by atoms with Gasteiger partial charge in [0, 0.05) is 6.42 Å². The minimum atomic E-state index is 0.268. The van der Waals surface area contributed by atoms with Gasteiger partial charge < -0.3 is 4.74 Å². The molecule has 0 amide bonds. The van der Waals surface area contributed by atoms with Crippen LogP contribution in [0.1, 0.15) is 25.3 Å². The Balaban J connectivity index is 2.10. The third kappa shape index (κ3) is 2.96. The summed E-state index contributed by atoms with van der Waals surface area (Å²) in [6, 6.07) is 8.16. The fraction of sp³-hybridized carbons (Fsp3) is 0.400. The highest BCUT2D eigenvalue weighted by Crippen LogP contribution is 2.27. The van der Waals surface area contributed by atoms with Crippen LogP contribution in [-0.4, -0.2) is 12.9 Å². The summed E-state index contributed by atoms with van der Waals surface area (Å²) in [6.45, 7) is 2.06.